The fraction of sp³-hybridized carbons (Fsp3) is 0.400. The first-order chi connectivity index (χ1) is 12.6. The van der Waals surface area contributed by atoms with Crippen molar-refractivity contribution in [3.8, 4) is 0 Å². The van der Waals surface area contributed by atoms with E-state index in [-0.39, 0.29) is 24.3 Å². The highest BCUT2D eigenvalue weighted by atomic mass is 16.3. The van der Waals surface area contributed by atoms with Gasteiger partial charge in [0.25, 0.3) is 0 Å². The normalized spacial score (nSPS) is 13.4. The Bertz CT molecular complexity index is 759. The molecule has 2 heterocycles. The van der Waals surface area contributed by atoms with Crippen molar-refractivity contribution < 1.29 is 14.0 Å². The standard InChI is InChI=1S/C20H25N3O3/c1-3-10-22(20(25)16-8-9-16)15-19(24)23(14-18-7-5-12-26-18)13-17-6-4-11-21(17)2/h3-7,11-12,16H,1,8-10,13-15H2,2H3. The van der Waals surface area contributed by atoms with Gasteiger partial charge in [-0.2, -0.15) is 0 Å². The molecule has 0 saturated heterocycles. The average molecular weight is 355 g/mol. The molecule has 138 valence electrons. The largest absolute Gasteiger partial charge is 0.467 e. The lowest BCUT2D eigenvalue weighted by molar-refractivity contribution is -0.141. The van der Waals surface area contributed by atoms with Crippen molar-refractivity contribution in [3.63, 3.8) is 0 Å². The molecule has 1 saturated carbocycles. The number of nitrogens with zero attached hydrogens (tertiary/aromatic N) is 3. The minimum atomic E-state index is -0.0987. The first-order valence-electron chi connectivity index (χ1n) is 8.88. The van der Waals surface area contributed by atoms with Crippen molar-refractivity contribution >= 4 is 11.8 Å². The summed E-state index contributed by atoms with van der Waals surface area (Å²) in [4.78, 5) is 28.7. The van der Waals surface area contributed by atoms with Crippen LogP contribution in [-0.4, -0.2) is 39.3 Å². The third-order valence-electron chi connectivity index (χ3n) is 4.60. The van der Waals surface area contributed by atoms with Crippen LogP contribution in [0.2, 0.25) is 0 Å². The Morgan fingerprint density at radius 3 is 2.65 bits per heavy atom. The van der Waals surface area contributed by atoms with Gasteiger partial charge in [0.05, 0.1) is 19.4 Å². The van der Waals surface area contributed by atoms with E-state index in [1.807, 2.05) is 36.0 Å². The molecule has 6 heteroatoms. The molecule has 0 spiro atoms. The molecule has 1 aliphatic rings. The zero-order valence-electron chi connectivity index (χ0n) is 15.1. The molecule has 0 atom stereocenters. The maximum Gasteiger partial charge on any atom is 0.242 e. The molecule has 0 aliphatic heterocycles. The number of carbonyl (C=O) groups excluding carboxylic acids is 2. The number of aromatic nitrogens is 1. The number of hydrogen-bond acceptors (Lipinski definition) is 3. The predicted molar refractivity (Wildman–Crippen MR) is 97.9 cm³/mol. The summed E-state index contributed by atoms with van der Waals surface area (Å²) in [6.45, 7) is 4.99. The van der Waals surface area contributed by atoms with Crippen LogP contribution in [0, 0.1) is 5.92 Å². The number of furan rings is 1. The first-order valence-corrected chi connectivity index (χ1v) is 8.88. The summed E-state index contributed by atoms with van der Waals surface area (Å²) >= 11 is 0. The molecule has 2 amide bonds. The van der Waals surface area contributed by atoms with Crippen LogP contribution in [0.5, 0.6) is 0 Å². The molecule has 0 radical (unpaired) electrons. The Kier molecular flexibility index (Phi) is 5.61. The van der Waals surface area contributed by atoms with E-state index in [2.05, 4.69) is 6.58 Å². The number of amides is 2. The van der Waals surface area contributed by atoms with Crippen molar-refractivity contribution in [1.29, 1.82) is 0 Å². The van der Waals surface area contributed by atoms with Gasteiger partial charge in [-0.3, -0.25) is 9.59 Å². The van der Waals surface area contributed by atoms with E-state index < -0.39 is 0 Å². The van der Waals surface area contributed by atoms with E-state index in [9.17, 15) is 9.59 Å². The Labute approximate surface area is 153 Å². The molecule has 1 fully saturated rings. The Morgan fingerprint density at radius 2 is 2.08 bits per heavy atom. The van der Waals surface area contributed by atoms with Crippen LogP contribution < -0.4 is 0 Å². The van der Waals surface area contributed by atoms with Gasteiger partial charge >= 0.3 is 0 Å². The SMILES string of the molecule is C=CCN(CC(=O)N(Cc1ccco1)Cc1cccn1C)C(=O)C1CC1. The summed E-state index contributed by atoms with van der Waals surface area (Å²) in [5.41, 5.74) is 1.02. The Hall–Kier alpha value is -2.76. The van der Waals surface area contributed by atoms with Gasteiger partial charge in [-0.1, -0.05) is 6.08 Å². The van der Waals surface area contributed by atoms with Crippen LogP contribution in [0.4, 0.5) is 0 Å². The fourth-order valence-corrected chi connectivity index (χ4v) is 2.92. The van der Waals surface area contributed by atoms with Crippen LogP contribution in [0.25, 0.3) is 0 Å². The van der Waals surface area contributed by atoms with E-state index in [1.54, 1.807) is 28.2 Å². The van der Waals surface area contributed by atoms with Crippen molar-refractivity contribution in [2.24, 2.45) is 13.0 Å². The van der Waals surface area contributed by atoms with Crippen LogP contribution in [-0.2, 0) is 29.7 Å². The summed E-state index contributed by atoms with van der Waals surface area (Å²) in [5.74, 6) is 0.749. The highest BCUT2D eigenvalue weighted by Gasteiger charge is 2.34. The molecule has 1 aliphatic carbocycles. The van der Waals surface area contributed by atoms with Gasteiger partial charge in [-0.15, -0.1) is 6.58 Å². The maximum atomic E-state index is 13.0. The van der Waals surface area contributed by atoms with Crippen LogP contribution >= 0.6 is 0 Å². The summed E-state index contributed by atoms with van der Waals surface area (Å²) in [7, 11) is 1.95. The van der Waals surface area contributed by atoms with Crippen LogP contribution in [0.3, 0.4) is 0 Å². The van der Waals surface area contributed by atoms with Crippen molar-refractivity contribution in [3.05, 3.63) is 60.8 Å². The maximum absolute atomic E-state index is 13.0. The minimum absolute atomic E-state index is 0.0510. The van der Waals surface area contributed by atoms with Crippen molar-refractivity contribution in [2.45, 2.75) is 25.9 Å². The fourth-order valence-electron chi connectivity index (χ4n) is 2.92. The number of hydrogen-bond donors (Lipinski definition) is 0. The third kappa shape index (κ3) is 4.45. The minimum Gasteiger partial charge on any atom is -0.467 e. The number of rotatable bonds is 9. The lowest BCUT2D eigenvalue weighted by Crippen LogP contribution is -2.43. The van der Waals surface area contributed by atoms with Gasteiger partial charge in [0, 0.05) is 31.4 Å². The molecule has 2 aromatic heterocycles. The third-order valence-corrected chi connectivity index (χ3v) is 4.60. The molecule has 0 N–H and O–H groups in total. The number of carbonyl (C=O) groups is 2. The molecule has 0 unspecified atom stereocenters. The zero-order valence-corrected chi connectivity index (χ0v) is 15.1. The predicted octanol–water partition coefficient (Wildman–Crippen LogP) is 2.57. The second kappa shape index (κ2) is 8.08. The first kappa shape index (κ1) is 18.0. The highest BCUT2D eigenvalue weighted by molar-refractivity contribution is 5.87. The molecule has 2 aromatic rings. The van der Waals surface area contributed by atoms with E-state index in [0.717, 1.165) is 24.3 Å². The lowest BCUT2D eigenvalue weighted by Gasteiger charge is -2.27. The van der Waals surface area contributed by atoms with Gasteiger partial charge in [-0.25, -0.2) is 0 Å². The summed E-state index contributed by atoms with van der Waals surface area (Å²) in [6, 6.07) is 7.59. The lowest BCUT2D eigenvalue weighted by atomic mass is 10.3. The van der Waals surface area contributed by atoms with E-state index >= 15 is 0 Å². The van der Waals surface area contributed by atoms with Crippen LogP contribution in [0.1, 0.15) is 24.3 Å². The van der Waals surface area contributed by atoms with Gasteiger partial charge in [-0.05, 0) is 37.1 Å². The van der Waals surface area contributed by atoms with E-state index in [4.69, 9.17) is 4.42 Å². The molecular formula is C20H25N3O3. The second-order valence-electron chi connectivity index (χ2n) is 6.72. The van der Waals surface area contributed by atoms with Crippen LogP contribution in [0.15, 0.2) is 53.8 Å². The van der Waals surface area contributed by atoms with E-state index in [1.165, 1.54) is 0 Å². The second-order valence-corrected chi connectivity index (χ2v) is 6.72. The van der Waals surface area contributed by atoms with E-state index in [0.29, 0.717) is 19.6 Å². The highest BCUT2D eigenvalue weighted by Crippen LogP contribution is 2.31. The average Bonchev–Trinajstić information content (AvgIpc) is 3.21. The molecule has 0 bridgehead atoms. The van der Waals surface area contributed by atoms with Gasteiger partial charge in [0.1, 0.15) is 12.3 Å². The molecular weight excluding hydrogens is 330 g/mol. The number of aryl methyl sites for hydroxylation is 1. The van der Waals surface area contributed by atoms with Gasteiger partial charge in [0.15, 0.2) is 0 Å². The van der Waals surface area contributed by atoms with Crippen molar-refractivity contribution in [1.82, 2.24) is 14.4 Å². The summed E-state index contributed by atoms with van der Waals surface area (Å²) in [6.07, 6.45) is 7.05. The summed E-state index contributed by atoms with van der Waals surface area (Å²) < 4.78 is 7.40. The van der Waals surface area contributed by atoms with Gasteiger partial charge in [0.2, 0.25) is 11.8 Å². The van der Waals surface area contributed by atoms with Gasteiger partial charge < -0.3 is 18.8 Å². The Morgan fingerprint density at radius 1 is 1.27 bits per heavy atom. The molecule has 6 nitrogen and oxygen atoms in total. The smallest absolute Gasteiger partial charge is 0.242 e. The van der Waals surface area contributed by atoms with Crippen molar-refractivity contribution in [2.75, 3.05) is 13.1 Å². The molecule has 0 aromatic carbocycles. The molecule has 26 heavy (non-hydrogen) atoms. The monoisotopic (exact) mass is 355 g/mol. The molecule has 3 rings (SSSR count). The zero-order chi connectivity index (χ0) is 18.5. The summed E-state index contributed by atoms with van der Waals surface area (Å²) in [5, 5.41) is 0. The topological polar surface area (TPSA) is 58.7 Å². The Balaban J connectivity index is 1.73. The quantitative estimate of drug-likeness (QED) is 0.650.